The number of piperazine rings is 1. The van der Waals surface area contributed by atoms with E-state index >= 15 is 0 Å². The van der Waals surface area contributed by atoms with Gasteiger partial charge in [-0.1, -0.05) is 18.2 Å². The van der Waals surface area contributed by atoms with Gasteiger partial charge in [-0.15, -0.1) is 24.8 Å². The van der Waals surface area contributed by atoms with E-state index in [2.05, 4.69) is 5.32 Å². The van der Waals surface area contributed by atoms with E-state index in [4.69, 9.17) is 0 Å². The lowest BCUT2D eigenvalue weighted by Crippen LogP contribution is -2.49. The van der Waals surface area contributed by atoms with Gasteiger partial charge in [-0.3, -0.25) is 4.90 Å². The van der Waals surface area contributed by atoms with E-state index < -0.39 is 12.2 Å². The third kappa shape index (κ3) is 5.02. The lowest BCUT2D eigenvalue weighted by molar-refractivity contribution is -0.187. The van der Waals surface area contributed by atoms with Crippen molar-refractivity contribution in [3.05, 3.63) is 34.9 Å². The van der Waals surface area contributed by atoms with Gasteiger partial charge in [0.05, 0.1) is 0 Å². The molecule has 2 rings (SSSR count). The van der Waals surface area contributed by atoms with Gasteiger partial charge in [0.1, 0.15) is 6.04 Å². The molecule has 0 aromatic heterocycles. The zero-order valence-corrected chi connectivity index (χ0v) is 13.7. The molecule has 1 atom stereocenters. The summed E-state index contributed by atoms with van der Waals surface area (Å²) in [5, 5.41) is 3.08. The topological polar surface area (TPSA) is 15.3 Å². The first-order chi connectivity index (χ1) is 8.89. The van der Waals surface area contributed by atoms with E-state index in [0.717, 1.165) is 11.1 Å². The summed E-state index contributed by atoms with van der Waals surface area (Å²) in [7, 11) is 0. The molecule has 0 bridgehead atoms. The Morgan fingerprint density at radius 2 is 1.62 bits per heavy atom. The second kappa shape index (κ2) is 8.22. The number of aryl methyl sites for hydroxylation is 2. The minimum atomic E-state index is -4.24. The highest BCUT2D eigenvalue weighted by Gasteiger charge is 2.44. The first kappa shape index (κ1) is 20.5. The Hall–Kier alpha value is -0.490. The minimum absolute atomic E-state index is 0. The average Bonchev–Trinajstić information content (AvgIpc) is 2.34. The minimum Gasteiger partial charge on any atom is -0.314 e. The summed E-state index contributed by atoms with van der Waals surface area (Å²) >= 11 is 0. The second-order valence-electron chi connectivity index (χ2n) is 5.07. The van der Waals surface area contributed by atoms with Crippen molar-refractivity contribution in [1.82, 2.24) is 10.2 Å². The second-order valence-corrected chi connectivity index (χ2v) is 5.07. The Labute approximate surface area is 135 Å². The van der Waals surface area contributed by atoms with Crippen LogP contribution in [0, 0.1) is 13.8 Å². The molecule has 21 heavy (non-hydrogen) atoms. The average molecular weight is 345 g/mol. The van der Waals surface area contributed by atoms with Gasteiger partial charge in [-0.05, 0) is 30.5 Å². The molecule has 1 N–H and O–H groups in total. The number of benzene rings is 1. The summed E-state index contributed by atoms with van der Waals surface area (Å²) < 4.78 is 40.1. The molecular formula is C14H21Cl2F3N2. The van der Waals surface area contributed by atoms with Gasteiger partial charge in [0.15, 0.2) is 0 Å². The number of alkyl halides is 3. The van der Waals surface area contributed by atoms with E-state index in [0.29, 0.717) is 31.7 Å². The van der Waals surface area contributed by atoms with E-state index in [9.17, 15) is 13.2 Å². The number of hydrogen-bond donors (Lipinski definition) is 1. The fourth-order valence-electron chi connectivity index (χ4n) is 2.48. The maximum absolute atomic E-state index is 13.4. The highest BCUT2D eigenvalue weighted by atomic mass is 35.5. The van der Waals surface area contributed by atoms with Crippen LogP contribution in [0.4, 0.5) is 13.2 Å². The smallest absolute Gasteiger partial charge is 0.314 e. The van der Waals surface area contributed by atoms with Crippen LogP contribution in [-0.2, 0) is 0 Å². The molecule has 0 aliphatic carbocycles. The normalized spacial score (nSPS) is 17.6. The van der Waals surface area contributed by atoms with Gasteiger partial charge in [-0.2, -0.15) is 13.2 Å². The van der Waals surface area contributed by atoms with Gasteiger partial charge in [0, 0.05) is 26.2 Å². The van der Waals surface area contributed by atoms with Crippen molar-refractivity contribution >= 4 is 24.8 Å². The Bertz CT molecular complexity index is 446. The molecule has 0 unspecified atom stereocenters. The van der Waals surface area contributed by atoms with Crippen LogP contribution >= 0.6 is 24.8 Å². The molecule has 2 nitrogen and oxygen atoms in total. The summed E-state index contributed by atoms with van der Waals surface area (Å²) in [6.45, 7) is 5.83. The summed E-state index contributed by atoms with van der Waals surface area (Å²) in [5.74, 6) is 0. The highest BCUT2D eigenvalue weighted by molar-refractivity contribution is 5.85. The first-order valence-corrected chi connectivity index (χ1v) is 6.48. The Kier molecular flexibility index (Phi) is 8.03. The van der Waals surface area contributed by atoms with Crippen LogP contribution in [-0.4, -0.2) is 37.3 Å². The van der Waals surface area contributed by atoms with Crippen LogP contribution in [0.25, 0.3) is 0 Å². The number of halogens is 5. The molecule has 0 spiro atoms. The summed E-state index contributed by atoms with van der Waals surface area (Å²) in [6, 6.07) is 3.54. The molecule has 0 radical (unpaired) electrons. The SMILES string of the molecule is Cc1ccc([C@@H](N2CCNCC2)C(F)(F)F)cc1C.Cl.Cl. The molecule has 1 saturated heterocycles. The lowest BCUT2D eigenvalue weighted by Gasteiger charge is -2.36. The van der Waals surface area contributed by atoms with Crippen molar-refractivity contribution in [1.29, 1.82) is 0 Å². The molecular weight excluding hydrogens is 324 g/mol. The molecule has 7 heteroatoms. The van der Waals surface area contributed by atoms with Crippen LogP contribution in [0.3, 0.4) is 0 Å². The molecule has 1 aliphatic rings. The van der Waals surface area contributed by atoms with Gasteiger partial charge in [-0.25, -0.2) is 0 Å². The standard InChI is InChI=1S/C14H19F3N2.2ClH/c1-10-3-4-12(9-11(10)2)13(14(15,16)17)19-7-5-18-6-8-19;;/h3-4,9,13,18H,5-8H2,1-2H3;2*1H/t13-;;/m1../s1. The van der Waals surface area contributed by atoms with Gasteiger partial charge >= 0.3 is 6.18 Å². The highest BCUT2D eigenvalue weighted by Crippen LogP contribution is 2.38. The van der Waals surface area contributed by atoms with Crippen LogP contribution < -0.4 is 5.32 Å². The van der Waals surface area contributed by atoms with E-state index in [-0.39, 0.29) is 24.8 Å². The van der Waals surface area contributed by atoms with Crippen molar-refractivity contribution in [3.8, 4) is 0 Å². The van der Waals surface area contributed by atoms with E-state index in [1.807, 2.05) is 13.8 Å². The van der Waals surface area contributed by atoms with Crippen LogP contribution in [0.5, 0.6) is 0 Å². The molecule has 0 amide bonds. The van der Waals surface area contributed by atoms with E-state index in [1.54, 1.807) is 18.2 Å². The predicted molar refractivity (Wildman–Crippen MR) is 83.7 cm³/mol. The number of hydrogen-bond acceptors (Lipinski definition) is 2. The van der Waals surface area contributed by atoms with Crippen LogP contribution in [0.1, 0.15) is 22.7 Å². The molecule has 1 aromatic carbocycles. The van der Waals surface area contributed by atoms with Crippen molar-refractivity contribution in [3.63, 3.8) is 0 Å². The summed E-state index contributed by atoms with van der Waals surface area (Å²) in [4.78, 5) is 1.51. The molecule has 1 fully saturated rings. The summed E-state index contributed by atoms with van der Waals surface area (Å²) in [6.07, 6.45) is -4.24. The van der Waals surface area contributed by atoms with Crippen LogP contribution in [0.2, 0.25) is 0 Å². The maximum atomic E-state index is 13.4. The monoisotopic (exact) mass is 344 g/mol. The third-order valence-electron chi connectivity index (χ3n) is 3.67. The van der Waals surface area contributed by atoms with Gasteiger partial charge < -0.3 is 5.32 Å². The predicted octanol–water partition coefficient (Wildman–Crippen LogP) is 3.66. The first-order valence-electron chi connectivity index (χ1n) is 6.48. The molecule has 1 heterocycles. The number of nitrogens with zero attached hydrogens (tertiary/aromatic N) is 1. The van der Waals surface area contributed by atoms with Crippen LogP contribution in [0.15, 0.2) is 18.2 Å². The Morgan fingerprint density at radius 1 is 1.05 bits per heavy atom. The molecule has 1 aromatic rings. The van der Waals surface area contributed by atoms with Crippen molar-refractivity contribution in [2.24, 2.45) is 0 Å². The zero-order valence-electron chi connectivity index (χ0n) is 12.0. The number of rotatable bonds is 2. The van der Waals surface area contributed by atoms with Crippen molar-refractivity contribution < 1.29 is 13.2 Å². The fourth-order valence-corrected chi connectivity index (χ4v) is 2.48. The maximum Gasteiger partial charge on any atom is 0.408 e. The lowest BCUT2D eigenvalue weighted by atomic mass is 9.99. The van der Waals surface area contributed by atoms with Gasteiger partial charge in [0.2, 0.25) is 0 Å². The van der Waals surface area contributed by atoms with E-state index in [1.165, 1.54) is 4.90 Å². The number of nitrogens with one attached hydrogen (secondary N) is 1. The largest absolute Gasteiger partial charge is 0.408 e. The molecule has 1 aliphatic heterocycles. The summed E-state index contributed by atoms with van der Waals surface area (Å²) in [5.41, 5.74) is 2.27. The van der Waals surface area contributed by atoms with Crippen molar-refractivity contribution in [2.75, 3.05) is 26.2 Å². The molecule has 0 saturated carbocycles. The van der Waals surface area contributed by atoms with Crippen molar-refractivity contribution in [2.45, 2.75) is 26.1 Å². The quantitative estimate of drug-likeness (QED) is 0.880. The fraction of sp³-hybridized carbons (Fsp3) is 0.571. The molecule has 122 valence electrons. The Balaban J connectivity index is 0.00000200. The third-order valence-corrected chi connectivity index (χ3v) is 3.67. The Morgan fingerprint density at radius 3 is 2.10 bits per heavy atom. The van der Waals surface area contributed by atoms with Gasteiger partial charge in [0.25, 0.3) is 0 Å². The zero-order chi connectivity index (χ0) is 14.0.